The number of hydrogen-bond donors (Lipinski definition) is 1. The number of aromatic hydroxyl groups is 1. The van der Waals surface area contributed by atoms with Crippen LogP contribution < -0.4 is 20.7 Å². The largest absolute Gasteiger partial charge is 0.871 e. The highest BCUT2D eigenvalue weighted by molar-refractivity contribution is 6.24. The number of unbranched alkanes of at least 4 members (excludes halogenated alkanes) is 1. The molecule has 228 valence electrons. The standard InChI is InChI=1S/C39H31NO6/c1-4-5-17-40-29-16-15-23(33-36(43)38(45)37(33)44)19-28(29)39(2,3)32(40)21-27-34(41)26(35(27)42)18-24-20-31(22-11-7-6-8-12-22)46-30-14-10-9-13-25(24)30/h6-16,18-21H,4-5,17H2,1-3H3,(H-,41,42,43,44)/b24-18-. The molecular weight excluding hydrogens is 578 g/mol. The molecule has 0 saturated heterocycles. The molecule has 0 fully saturated rings. The molecule has 0 amide bonds. The first-order chi connectivity index (χ1) is 22.1. The fourth-order valence-electron chi connectivity index (χ4n) is 6.51. The van der Waals surface area contributed by atoms with Crippen LogP contribution in [0.5, 0.6) is 11.5 Å². The number of para-hydroxylation sites is 1. The highest BCUT2D eigenvalue weighted by atomic mass is 16.5. The van der Waals surface area contributed by atoms with Crippen molar-refractivity contribution in [3.8, 4) is 22.6 Å². The van der Waals surface area contributed by atoms with Crippen LogP contribution in [0.25, 0.3) is 22.5 Å². The van der Waals surface area contributed by atoms with Crippen LogP contribution in [0.1, 0.15) is 50.3 Å². The molecule has 4 aromatic rings. The zero-order chi connectivity index (χ0) is 32.3. The Morgan fingerprint density at radius 1 is 0.913 bits per heavy atom. The lowest BCUT2D eigenvalue weighted by Crippen LogP contribution is -2.34. The monoisotopic (exact) mass is 609 g/mol. The van der Waals surface area contributed by atoms with Gasteiger partial charge in [0.25, 0.3) is 5.43 Å². The Hall–Kier alpha value is -5.56. The Labute approximate surface area is 265 Å². The van der Waals surface area contributed by atoms with E-state index in [1.54, 1.807) is 18.2 Å². The molecule has 4 aromatic carbocycles. The van der Waals surface area contributed by atoms with Crippen molar-refractivity contribution in [3.63, 3.8) is 0 Å². The van der Waals surface area contributed by atoms with E-state index in [2.05, 4.69) is 11.5 Å². The maximum atomic E-state index is 13.6. The first-order valence-electron chi connectivity index (χ1n) is 15.4. The zero-order valence-corrected chi connectivity index (χ0v) is 25.7. The molecule has 0 bridgehead atoms. The third-order valence-corrected chi connectivity index (χ3v) is 9.12. The lowest BCUT2D eigenvalue weighted by atomic mass is 9.77. The molecule has 7 rings (SSSR count). The minimum Gasteiger partial charge on any atom is -0.871 e. The van der Waals surface area contributed by atoms with Crippen LogP contribution >= 0.6 is 0 Å². The number of benzene rings is 3. The smallest absolute Gasteiger partial charge is 0.268 e. The highest BCUT2D eigenvalue weighted by Gasteiger charge is 2.46. The number of carbonyl (C=O) groups excluding carboxylic acids is 1. The molecule has 3 aliphatic rings. The molecule has 2 heterocycles. The molecule has 0 radical (unpaired) electrons. The summed E-state index contributed by atoms with van der Waals surface area (Å²) < 4.78 is 8.29. The predicted octanol–water partition coefficient (Wildman–Crippen LogP) is 5.47. The van der Waals surface area contributed by atoms with Crippen LogP contribution in [0.15, 0.2) is 118 Å². The lowest BCUT2D eigenvalue weighted by Gasteiger charge is -2.30. The molecule has 0 atom stereocenters. The average Bonchev–Trinajstić information content (AvgIpc) is 3.29. The van der Waals surface area contributed by atoms with Gasteiger partial charge in [-0.2, -0.15) is 4.58 Å². The summed E-state index contributed by atoms with van der Waals surface area (Å²) >= 11 is 0. The van der Waals surface area contributed by atoms with E-state index in [1.807, 2.05) is 86.7 Å². The normalized spacial score (nSPS) is 18.5. The van der Waals surface area contributed by atoms with Gasteiger partial charge >= 0.3 is 0 Å². The number of nitrogens with zero attached hydrogens (tertiary/aromatic N) is 1. The first-order valence-corrected chi connectivity index (χ1v) is 15.4. The summed E-state index contributed by atoms with van der Waals surface area (Å²) in [6.07, 6.45) is 7.05. The Morgan fingerprint density at radius 3 is 2.37 bits per heavy atom. The number of fused-ring (bicyclic) bond motifs is 2. The number of hydrogen-bond acceptors (Lipinski definition) is 6. The van der Waals surface area contributed by atoms with Crippen molar-refractivity contribution in [1.29, 1.82) is 0 Å². The average molecular weight is 610 g/mol. The van der Waals surface area contributed by atoms with E-state index < -0.39 is 22.0 Å². The van der Waals surface area contributed by atoms with E-state index in [0.29, 0.717) is 23.6 Å². The van der Waals surface area contributed by atoms with E-state index in [0.717, 1.165) is 46.5 Å². The number of ketones is 1. The molecule has 46 heavy (non-hydrogen) atoms. The van der Waals surface area contributed by atoms with Crippen molar-refractivity contribution in [2.45, 2.75) is 39.0 Å². The zero-order valence-electron chi connectivity index (χ0n) is 25.7. The summed E-state index contributed by atoms with van der Waals surface area (Å²) in [6.45, 7) is 6.78. The number of carbonyl (C=O) groups is 1. The third kappa shape index (κ3) is 4.42. The van der Waals surface area contributed by atoms with Gasteiger partial charge in [0.15, 0.2) is 17.2 Å². The van der Waals surface area contributed by atoms with Crippen LogP contribution in [-0.2, 0) is 10.2 Å². The molecular formula is C39H31NO6. The summed E-state index contributed by atoms with van der Waals surface area (Å²) in [5, 5.41) is 23.7. The topological polar surface area (TPSA) is 107 Å². The van der Waals surface area contributed by atoms with E-state index in [-0.39, 0.29) is 28.3 Å². The van der Waals surface area contributed by atoms with Crippen LogP contribution in [0.3, 0.4) is 0 Å². The number of ether oxygens (including phenoxy) is 1. The first kappa shape index (κ1) is 29.2. The van der Waals surface area contributed by atoms with E-state index >= 15 is 0 Å². The maximum Gasteiger partial charge on any atom is 0.268 e. The van der Waals surface area contributed by atoms with Crippen molar-refractivity contribution in [3.05, 3.63) is 145 Å². The van der Waals surface area contributed by atoms with Crippen LogP contribution in [0.2, 0.25) is 0 Å². The summed E-state index contributed by atoms with van der Waals surface area (Å²) in [5.41, 5.74) is 3.48. The predicted molar refractivity (Wildman–Crippen MR) is 176 cm³/mol. The highest BCUT2D eigenvalue weighted by Crippen LogP contribution is 2.44. The van der Waals surface area contributed by atoms with Gasteiger partial charge in [-0.25, -0.2) is 0 Å². The van der Waals surface area contributed by atoms with Crippen molar-refractivity contribution in [2.24, 2.45) is 0 Å². The second-order valence-electron chi connectivity index (χ2n) is 12.3. The molecule has 7 nitrogen and oxygen atoms in total. The Morgan fingerprint density at radius 2 is 1.65 bits per heavy atom. The molecule has 7 heteroatoms. The second-order valence-corrected chi connectivity index (χ2v) is 12.3. The van der Waals surface area contributed by atoms with Crippen LogP contribution in [0.4, 0.5) is 5.69 Å². The van der Waals surface area contributed by atoms with E-state index in [4.69, 9.17) is 4.74 Å². The van der Waals surface area contributed by atoms with E-state index in [1.165, 1.54) is 0 Å². The van der Waals surface area contributed by atoms with Gasteiger partial charge in [-0.15, -0.1) is 0 Å². The molecule has 0 spiro atoms. The molecule has 0 aromatic heterocycles. The quantitative estimate of drug-likeness (QED) is 0.169. The van der Waals surface area contributed by atoms with Crippen molar-refractivity contribution in [2.75, 3.05) is 6.54 Å². The van der Waals surface area contributed by atoms with Gasteiger partial charge in [0.1, 0.15) is 18.1 Å². The fourth-order valence-corrected chi connectivity index (χ4v) is 6.51. The van der Waals surface area contributed by atoms with Crippen molar-refractivity contribution >= 4 is 28.5 Å². The molecule has 1 N–H and O–H groups in total. The maximum absolute atomic E-state index is 13.6. The minimum absolute atomic E-state index is 0.0197. The lowest BCUT2D eigenvalue weighted by molar-refractivity contribution is -0.438. The molecule has 2 aliphatic heterocycles. The molecule has 0 unspecified atom stereocenters. The summed E-state index contributed by atoms with van der Waals surface area (Å²) in [7, 11) is 0. The Kier molecular flexibility index (Phi) is 6.85. The molecule has 1 aliphatic carbocycles. The molecule has 0 saturated carbocycles. The van der Waals surface area contributed by atoms with E-state index in [9.17, 15) is 24.6 Å². The van der Waals surface area contributed by atoms with Gasteiger partial charge in [-0.3, -0.25) is 14.4 Å². The SMILES string of the molecule is CCCC[N+]1=C(/C=C2\C(=O)C(/C=C3/C=C(c4ccccc4)Oc4ccccc43)=C2[O-])C(C)(C)c2cc(-c3c(O)c(=O)c3=O)ccc21. The van der Waals surface area contributed by atoms with Gasteiger partial charge in [0.05, 0.1) is 11.0 Å². The summed E-state index contributed by atoms with van der Waals surface area (Å²) in [5.74, 6) is 0.121. The van der Waals surface area contributed by atoms with Crippen molar-refractivity contribution < 1.29 is 24.3 Å². The van der Waals surface area contributed by atoms with Crippen LogP contribution in [0, 0.1) is 0 Å². The summed E-state index contributed by atoms with van der Waals surface area (Å²) in [6, 6.07) is 22.6. The van der Waals surface area contributed by atoms with Gasteiger partial charge in [-0.1, -0.05) is 67.6 Å². The van der Waals surface area contributed by atoms with Crippen LogP contribution in [-0.4, -0.2) is 27.7 Å². The van der Waals surface area contributed by atoms with Gasteiger partial charge in [-0.05, 0) is 55.3 Å². The van der Waals surface area contributed by atoms with Gasteiger partial charge < -0.3 is 14.9 Å². The Balaban J connectivity index is 1.29. The van der Waals surface area contributed by atoms with Gasteiger partial charge in [0, 0.05) is 46.4 Å². The number of rotatable bonds is 7. The van der Waals surface area contributed by atoms with Gasteiger partial charge in [0.2, 0.25) is 11.1 Å². The third-order valence-electron chi connectivity index (χ3n) is 9.12. The van der Waals surface area contributed by atoms with Crippen molar-refractivity contribution in [1.82, 2.24) is 0 Å². The number of Topliss-reactive ketones (excluding diaryl/α,β-unsaturated/α-hetero) is 1. The number of allylic oxidation sites excluding steroid dienone is 6. The summed E-state index contributed by atoms with van der Waals surface area (Å²) in [4.78, 5) is 37.5. The second kappa shape index (κ2) is 10.8. The fraction of sp³-hybridized carbons (Fsp3) is 0.179. The Bertz CT molecular complexity index is 2200. The minimum atomic E-state index is -0.878.